The summed E-state index contributed by atoms with van der Waals surface area (Å²) in [5, 5.41) is 0. The predicted octanol–water partition coefficient (Wildman–Crippen LogP) is 2.53. The number of imidazole rings is 1. The lowest BCUT2D eigenvalue weighted by Gasteiger charge is -2.24. The third-order valence-corrected chi connectivity index (χ3v) is 2.75. The number of aromatic nitrogens is 2. The molecule has 0 saturated heterocycles. The van der Waals surface area contributed by atoms with E-state index in [-0.39, 0.29) is 5.60 Å². The molecule has 0 aliphatic rings. The molecule has 1 heterocycles. The van der Waals surface area contributed by atoms with Crippen LogP contribution in [0.4, 0.5) is 0 Å². The van der Waals surface area contributed by atoms with Crippen LogP contribution in [0.1, 0.15) is 26.5 Å². The van der Waals surface area contributed by atoms with Crippen LogP contribution in [-0.2, 0) is 17.7 Å². The van der Waals surface area contributed by atoms with E-state index in [4.69, 9.17) is 17.0 Å². The average molecular weight is 214 g/mol. The Morgan fingerprint density at radius 1 is 1.57 bits per heavy atom. The molecule has 0 bridgehead atoms. The van der Waals surface area contributed by atoms with Crippen molar-refractivity contribution in [1.29, 1.82) is 0 Å². The number of aromatic amines is 1. The van der Waals surface area contributed by atoms with Gasteiger partial charge >= 0.3 is 0 Å². The summed E-state index contributed by atoms with van der Waals surface area (Å²) in [7, 11) is 1.72. The number of ether oxygens (including phenoxy) is 1. The first-order valence-corrected chi connectivity index (χ1v) is 5.23. The van der Waals surface area contributed by atoms with Gasteiger partial charge in [-0.05, 0) is 32.5 Å². The summed E-state index contributed by atoms with van der Waals surface area (Å²) in [6.45, 7) is 7.02. The molecule has 0 spiro atoms. The molecule has 0 unspecified atom stereocenters. The summed E-state index contributed by atoms with van der Waals surface area (Å²) in [5.74, 6) is 0. The average Bonchev–Trinajstić information content (AvgIpc) is 2.48. The summed E-state index contributed by atoms with van der Waals surface area (Å²) >= 11 is 5.21. The van der Waals surface area contributed by atoms with E-state index < -0.39 is 0 Å². The maximum Gasteiger partial charge on any atom is 0.177 e. The second kappa shape index (κ2) is 4.28. The molecule has 0 amide bonds. The van der Waals surface area contributed by atoms with E-state index in [9.17, 15) is 0 Å². The Morgan fingerprint density at radius 3 is 2.71 bits per heavy atom. The Labute approximate surface area is 90.1 Å². The molecule has 0 aliphatic heterocycles. The van der Waals surface area contributed by atoms with Crippen LogP contribution >= 0.6 is 12.2 Å². The van der Waals surface area contributed by atoms with Crippen LogP contribution in [0.25, 0.3) is 0 Å². The number of nitrogens with zero attached hydrogens (tertiary/aromatic N) is 1. The van der Waals surface area contributed by atoms with Gasteiger partial charge in [0.15, 0.2) is 4.77 Å². The first-order chi connectivity index (χ1) is 6.50. The topological polar surface area (TPSA) is 29.9 Å². The molecule has 14 heavy (non-hydrogen) atoms. The zero-order valence-electron chi connectivity index (χ0n) is 9.26. The largest absolute Gasteiger partial charge is 0.377 e. The van der Waals surface area contributed by atoms with E-state index in [1.54, 1.807) is 7.11 Å². The van der Waals surface area contributed by atoms with Crippen LogP contribution in [0.3, 0.4) is 0 Å². The highest BCUT2D eigenvalue weighted by atomic mass is 32.1. The van der Waals surface area contributed by atoms with Crippen molar-refractivity contribution >= 4 is 12.2 Å². The first kappa shape index (κ1) is 11.5. The standard InChI is InChI=1S/C10H18N2OS/c1-5-8-6-11-9(14)12(8)7-10(2,3)13-4/h6H,5,7H2,1-4H3,(H,11,14). The van der Waals surface area contributed by atoms with Gasteiger partial charge in [0.05, 0.1) is 12.1 Å². The molecule has 1 N–H and O–H groups in total. The molecule has 0 aromatic carbocycles. The fourth-order valence-corrected chi connectivity index (χ4v) is 1.58. The maximum atomic E-state index is 5.38. The van der Waals surface area contributed by atoms with Crippen LogP contribution in [-0.4, -0.2) is 22.3 Å². The van der Waals surface area contributed by atoms with Crippen molar-refractivity contribution < 1.29 is 4.74 Å². The summed E-state index contributed by atoms with van der Waals surface area (Å²) in [5.41, 5.74) is 1.05. The first-order valence-electron chi connectivity index (χ1n) is 4.82. The number of H-pyrrole nitrogens is 1. The van der Waals surface area contributed by atoms with E-state index in [2.05, 4.69) is 30.3 Å². The van der Waals surface area contributed by atoms with E-state index in [1.165, 1.54) is 5.69 Å². The SMILES string of the molecule is CCc1c[nH]c(=S)n1CC(C)(C)OC. The van der Waals surface area contributed by atoms with Crippen LogP contribution in [0.2, 0.25) is 0 Å². The summed E-state index contributed by atoms with van der Waals surface area (Å²) < 4.78 is 8.25. The van der Waals surface area contributed by atoms with Crippen LogP contribution < -0.4 is 0 Å². The van der Waals surface area contributed by atoms with E-state index in [1.807, 2.05) is 6.20 Å². The number of nitrogens with one attached hydrogen (secondary N) is 1. The molecule has 4 heteroatoms. The van der Waals surface area contributed by atoms with E-state index in [0.717, 1.165) is 17.7 Å². The summed E-state index contributed by atoms with van der Waals surface area (Å²) in [6, 6.07) is 0. The third-order valence-electron chi connectivity index (χ3n) is 2.41. The molecule has 0 atom stereocenters. The van der Waals surface area contributed by atoms with Crippen molar-refractivity contribution in [3.8, 4) is 0 Å². The van der Waals surface area contributed by atoms with Gasteiger partial charge in [0.25, 0.3) is 0 Å². The van der Waals surface area contributed by atoms with Gasteiger partial charge in [0, 0.05) is 19.0 Å². The highest BCUT2D eigenvalue weighted by Crippen LogP contribution is 2.14. The lowest BCUT2D eigenvalue weighted by atomic mass is 10.1. The Bertz CT molecular complexity index is 351. The van der Waals surface area contributed by atoms with Gasteiger partial charge < -0.3 is 14.3 Å². The van der Waals surface area contributed by atoms with Gasteiger partial charge in [0.1, 0.15) is 0 Å². The van der Waals surface area contributed by atoms with Gasteiger partial charge in [-0.15, -0.1) is 0 Å². The molecule has 0 fully saturated rings. The van der Waals surface area contributed by atoms with Crippen molar-refractivity contribution in [1.82, 2.24) is 9.55 Å². The molecule has 0 aliphatic carbocycles. The Morgan fingerprint density at radius 2 is 2.21 bits per heavy atom. The van der Waals surface area contributed by atoms with Gasteiger partial charge in [0.2, 0.25) is 0 Å². The fourth-order valence-electron chi connectivity index (χ4n) is 1.34. The smallest absolute Gasteiger partial charge is 0.177 e. The molecule has 3 nitrogen and oxygen atoms in total. The van der Waals surface area contributed by atoms with Gasteiger partial charge in [-0.2, -0.15) is 0 Å². The van der Waals surface area contributed by atoms with E-state index in [0.29, 0.717) is 0 Å². The van der Waals surface area contributed by atoms with Crippen molar-refractivity contribution in [3.05, 3.63) is 16.7 Å². The van der Waals surface area contributed by atoms with Gasteiger partial charge in [-0.25, -0.2) is 0 Å². The molecule has 1 aromatic heterocycles. The van der Waals surface area contributed by atoms with Crippen molar-refractivity contribution in [2.75, 3.05) is 7.11 Å². The minimum absolute atomic E-state index is 0.176. The lowest BCUT2D eigenvalue weighted by molar-refractivity contribution is 0.00731. The second-order valence-electron chi connectivity index (χ2n) is 3.99. The predicted molar refractivity (Wildman–Crippen MR) is 60.1 cm³/mol. The monoisotopic (exact) mass is 214 g/mol. The van der Waals surface area contributed by atoms with Gasteiger partial charge in [-0.3, -0.25) is 0 Å². The van der Waals surface area contributed by atoms with Gasteiger partial charge in [-0.1, -0.05) is 6.92 Å². The molecule has 80 valence electrons. The van der Waals surface area contributed by atoms with Crippen molar-refractivity contribution in [2.24, 2.45) is 0 Å². The highest BCUT2D eigenvalue weighted by molar-refractivity contribution is 7.71. The lowest BCUT2D eigenvalue weighted by Crippen LogP contribution is -2.29. The molecular weight excluding hydrogens is 196 g/mol. The number of aryl methyl sites for hydroxylation is 1. The van der Waals surface area contributed by atoms with E-state index >= 15 is 0 Å². The fraction of sp³-hybridized carbons (Fsp3) is 0.700. The van der Waals surface area contributed by atoms with Crippen LogP contribution in [0, 0.1) is 4.77 Å². The summed E-state index contributed by atoms with van der Waals surface area (Å²) in [4.78, 5) is 3.06. The normalized spacial score (nSPS) is 12.0. The zero-order chi connectivity index (χ0) is 10.8. The number of hydrogen-bond acceptors (Lipinski definition) is 2. The number of methoxy groups -OCH3 is 1. The summed E-state index contributed by atoms with van der Waals surface area (Å²) in [6.07, 6.45) is 2.95. The second-order valence-corrected chi connectivity index (χ2v) is 4.38. The number of rotatable bonds is 4. The number of hydrogen-bond donors (Lipinski definition) is 1. The Hall–Kier alpha value is -0.610. The Balaban J connectivity index is 2.95. The minimum Gasteiger partial charge on any atom is -0.377 e. The third kappa shape index (κ3) is 2.45. The molecular formula is C10H18N2OS. The van der Waals surface area contributed by atoms with Crippen molar-refractivity contribution in [3.63, 3.8) is 0 Å². The zero-order valence-corrected chi connectivity index (χ0v) is 10.1. The van der Waals surface area contributed by atoms with Crippen LogP contribution in [0.15, 0.2) is 6.20 Å². The molecule has 0 saturated carbocycles. The van der Waals surface area contributed by atoms with Crippen LogP contribution in [0.5, 0.6) is 0 Å². The highest BCUT2D eigenvalue weighted by Gasteiger charge is 2.18. The molecule has 0 radical (unpaired) electrons. The quantitative estimate of drug-likeness (QED) is 0.781. The molecule has 1 rings (SSSR count). The van der Waals surface area contributed by atoms with Crippen molar-refractivity contribution in [2.45, 2.75) is 39.3 Å². The minimum atomic E-state index is -0.176. The molecule has 1 aromatic rings. The Kier molecular flexibility index (Phi) is 3.50. The maximum absolute atomic E-state index is 5.38.